The minimum Gasteiger partial charge on any atom is -0.391 e. The topological polar surface area (TPSA) is 58.6 Å². The molecule has 0 saturated heterocycles. The molecule has 1 amide bonds. The Morgan fingerprint density at radius 3 is 2.84 bits per heavy atom. The lowest BCUT2D eigenvalue weighted by atomic mass is 10.2. The van der Waals surface area contributed by atoms with Crippen molar-refractivity contribution in [2.24, 2.45) is 0 Å². The van der Waals surface area contributed by atoms with Crippen LogP contribution in [0.1, 0.15) is 12.0 Å². The molecule has 0 aliphatic rings. The normalized spacial score (nSPS) is 12.1. The second-order valence-corrected chi connectivity index (χ2v) is 5.21. The highest BCUT2D eigenvalue weighted by molar-refractivity contribution is 7.99. The first-order valence-corrected chi connectivity index (χ1v) is 7.43. The van der Waals surface area contributed by atoms with E-state index in [4.69, 9.17) is 4.74 Å². The molecule has 4 nitrogen and oxygen atoms in total. The van der Waals surface area contributed by atoms with Crippen molar-refractivity contribution in [1.82, 2.24) is 5.32 Å². The molecule has 1 rings (SSSR count). The van der Waals surface area contributed by atoms with Gasteiger partial charge in [0.2, 0.25) is 5.91 Å². The quantitative estimate of drug-likeness (QED) is 0.720. The first kappa shape index (κ1) is 16.0. The molecule has 0 heterocycles. The maximum Gasteiger partial charge on any atom is 0.230 e. The van der Waals surface area contributed by atoms with Crippen LogP contribution in [-0.2, 0) is 15.3 Å². The van der Waals surface area contributed by atoms with Crippen molar-refractivity contribution in [2.45, 2.75) is 18.3 Å². The van der Waals surface area contributed by atoms with Gasteiger partial charge in [-0.2, -0.15) is 0 Å². The number of thioether (sulfide) groups is 1. The Hall–Kier alpha value is -1.04. The van der Waals surface area contributed by atoms with Crippen LogP contribution >= 0.6 is 11.8 Å². The molecule has 5 heteroatoms. The van der Waals surface area contributed by atoms with E-state index >= 15 is 0 Å². The van der Waals surface area contributed by atoms with E-state index in [0.29, 0.717) is 25.3 Å². The molecule has 1 atom stereocenters. The zero-order valence-electron chi connectivity index (χ0n) is 11.2. The fraction of sp³-hybridized carbons (Fsp3) is 0.500. The Bertz CT molecular complexity index is 359. The van der Waals surface area contributed by atoms with Crippen LogP contribution in [0.5, 0.6) is 0 Å². The molecule has 0 fully saturated rings. The lowest BCUT2D eigenvalue weighted by Gasteiger charge is -2.10. The lowest BCUT2D eigenvalue weighted by molar-refractivity contribution is -0.118. The summed E-state index contributed by atoms with van der Waals surface area (Å²) in [7, 11) is 1.54. The Morgan fingerprint density at radius 1 is 1.42 bits per heavy atom. The fourth-order valence-corrected chi connectivity index (χ4v) is 2.36. The van der Waals surface area contributed by atoms with E-state index in [0.717, 1.165) is 5.75 Å². The molecular formula is C14H21NO3S. The predicted molar refractivity (Wildman–Crippen MR) is 78.1 cm³/mol. The predicted octanol–water partition coefficient (Wildman–Crippen LogP) is 1.43. The van der Waals surface area contributed by atoms with E-state index in [1.54, 1.807) is 18.9 Å². The summed E-state index contributed by atoms with van der Waals surface area (Å²) in [6.07, 6.45) is 0.00501. The molecule has 19 heavy (non-hydrogen) atoms. The zero-order valence-corrected chi connectivity index (χ0v) is 12.0. The Kier molecular flexibility index (Phi) is 8.29. The second kappa shape index (κ2) is 9.83. The number of hydrogen-bond donors (Lipinski definition) is 2. The molecule has 1 aromatic carbocycles. The highest BCUT2D eigenvalue weighted by Gasteiger charge is 2.05. The summed E-state index contributed by atoms with van der Waals surface area (Å²) in [5.74, 6) is 1.28. The van der Waals surface area contributed by atoms with Crippen molar-refractivity contribution in [1.29, 1.82) is 0 Å². The maximum absolute atomic E-state index is 11.5. The molecular weight excluding hydrogens is 262 g/mol. The Labute approximate surface area is 118 Å². The number of benzene rings is 1. The molecule has 106 valence electrons. The average Bonchev–Trinajstić information content (AvgIpc) is 2.40. The number of carbonyl (C=O) groups excluding carboxylic acids is 1. The van der Waals surface area contributed by atoms with Gasteiger partial charge < -0.3 is 15.2 Å². The molecule has 1 unspecified atom stereocenters. The van der Waals surface area contributed by atoms with E-state index in [-0.39, 0.29) is 5.91 Å². The van der Waals surface area contributed by atoms with E-state index < -0.39 is 6.10 Å². The van der Waals surface area contributed by atoms with Gasteiger partial charge in [0, 0.05) is 19.4 Å². The summed E-state index contributed by atoms with van der Waals surface area (Å²) in [6, 6.07) is 10.1. The number of hydrogen-bond acceptors (Lipinski definition) is 4. The SMILES string of the molecule is COCC(O)CCNC(=O)CSCc1ccccc1. The van der Waals surface area contributed by atoms with Gasteiger partial charge in [-0.05, 0) is 12.0 Å². The number of rotatable bonds is 9. The van der Waals surface area contributed by atoms with Crippen LogP contribution in [0.15, 0.2) is 30.3 Å². The average molecular weight is 283 g/mol. The first-order valence-electron chi connectivity index (χ1n) is 6.27. The largest absolute Gasteiger partial charge is 0.391 e. The molecule has 0 saturated carbocycles. The summed E-state index contributed by atoms with van der Waals surface area (Å²) in [5, 5.41) is 12.2. The Morgan fingerprint density at radius 2 is 2.16 bits per heavy atom. The minimum absolute atomic E-state index is 0.00514. The Balaban J connectivity index is 2.05. The highest BCUT2D eigenvalue weighted by atomic mass is 32.2. The summed E-state index contributed by atoms with van der Waals surface area (Å²) >= 11 is 1.58. The van der Waals surface area contributed by atoms with Gasteiger partial charge in [0.05, 0.1) is 18.5 Å². The highest BCUT2D eigenvalue weighted by Crippen LogP contribution is 2.10. The summed E-state index contributed by atoms with van der Waals surface area (Å²) in [5.41, 5.74) is 1.22. The first-order chi connectivity index (χ1) is 9.22. The van der Waals surface area contributed by atoms with Crippen molar-refractivity contribution in [3.8, 4) is 0 Å². The van der Waals surface area contributed by atoms with E-state index in [9.17, 15) is 9.90 Å². The molecule has 2 N–H and O–H groups in total. The number of aliphatic hydroxyl groups is 1. The third kappa shape index (κ3) is 7.87. The number of carbonyl (C=O) groups is 1. The van der Waals surface area contributed by atoms with Crippen LogP contribution in [-0.4, -0.2) is 43.1 Å². The lowest BCUT2D eigenvalue weighted by Crippen LogP contribution is -2.29. The molecule has 1 aromatic rings. The fourth-order valence-electron chi connectivity index (χ4n) is 1.54. The second-order valence-electron chi connectivity index (χ2n) is 4.23. The minimum atomic E-state index is -0.512. The van der Waals surface area contributed by atoms with Gasteiger partial charge in [-0.1, -0.05) is 30.3 Å². The van der Waals surface area contributed by atoms with Crippen molar-refractivity contribution >= 4 is 17.7 Å². The third-order valence-corrected chi connectivity index (χ3v) is 3.51. The van der Waals surface area contributed by atoms with E-state index in [2.05, 4.69) is 5.32 Å². The summed E-state index contributed by atoms with van der Waals surface area (Å²) in [4.78, 5) is 11.5. The number of ether oxygens (including phenoxy) is 1. The smallest absolute Gasteiger partial charge is 0.230 e. The molecule has 0 spiro atoms. The number of aliphatic hydroxyl groups excluding tert-OH is 1. The van der Waals surface area contributed by atoms with Crippen LogP contribution in [0, 0.1) is 0 Å². The van der Waals surface area contributed by atoms with Gasteiger partial charge in [-0.3, -0.25) is 4.79 Å². The van der Waals surface area contributed by atoms with Gasteiger partial charge in [0.25, 0.3) is 0 Å². The van der Waals surface area contributed by atoms with E-state index in [1.807, 2.05) is 30.3 Å². The molecule has 0 aromatic heterocycles. The third-order valence-electron chi connectivity index (χ3n) is 2.50. The monoisotopic (exact) mass is 283 g/mol. The van der Waals surface area contributed by atoms with Crippen LogP contribution in [0.4, 0.5) is 0 Å². The number of amides is 1. The molecule has 0 aliphatic heterocycles. The van der Waals surface area contributed by atoms with Crippen molar-refractivity contribution in [3.05, 3.63) is 35.9 Å². The zero-order chi connectivity index (χ0) is 13.9. The van der Waals surface area contributed by atoms with Gasteiger partial charge in [-0.15, -0.1) is 11.8 Å². The maximum atomic E-state index is 11.5. The number of methoxy groups -OCH3 is 1. The summed E-state index contributed by atoms with van der Waals surface area (Å²) in [6.45, 7) is 0.786. The number of nitrogens with one attached hydrogen (secondary N) is 1. The molecule has 0 radical (unpaired) electrons. The van der Waals surface area contributed by atoms with Crippen molar-refractivity contribution in [2.75, 3.05) is 26.0 Å². The van der Waals surface area contributed by atoms with Crippen LogP contribution in [0.25, 0.3) is 0 Å². The van der Waals surface area contributed by atoms with E-state index in [1.165, 1.54) is 5.56 Å². The van der Waals surface area contributed by atoms with Crippen LogP contribution < -0.4 is 5.32 Å². The van der Waals surface area contributed by atoms with Gasteiger partial charge in [0.1, 0.15) is 0 Å². The van der Waals surface area contributed by atoms with Gasteiger partial charge in [-0.25, -0.2) is 0 Å². The molecule has 0 bridgehead atoms. The molecule has 0 aliphatic carbocycles. The summed E-state index contributed by atoms with van der Waals surface area (Å²) < 4.78 is 4.81. The van der Waals surface area contributed by atoms with Crippen LogP contribution in [0.3, 0.4) is 0 Å². The van der Waals surface area contributed by atoms with Crippen molar-refractivity contribution in [3.63, 3.8) is 0 Å². The van der Waals surface area contributed by atoms with Gasteiger partial charge >= 0.3 is 0 Å². The van der Waals surface area contributed by atoms with Crippen LogP contribution in [0.2, 0.25) is 0 Å². The van der Waals surface area contributed by atoms with Gasteiger partial charge in [0.15, 0.2) is 0 Å². The van der Waals surface area contributed by atoms with Crippen molar-refractivity contribution < 1.29 is 14.6 Å². The standard InChI is InChI=1S/C14H21NO3S/c1-18-9-13(16)7-8-15-14(17)11-19-10-12-5-3-2-4-6-12/h2-6,13,16H,7-11H2,1H3,(H,15,17).